The van der Waals surface area contributed by atoms with Crippen molar-refractivity contribution < 1.29 is 36.6 Å². The molecule has 0 aliphatic carbocycles. The number of nitrogens with zero attached hydrogens (tertiary/aromatic N) is 3. The van der Waals surface area contributed by atoms with E-state index >= 15 is 0 Å². The Morgan fingerprint density at radius 1 is 1.26 bits per heavy atom. The fraction of sp³-hybridized carbons (Fsp3) is 0.458. The molecule has 0 radical (unpaired) electrons. The van der Waals surface area contributed by atoms with Gasteiger partial charge in [0.15, 0.2) is 5.82 Å². The highest BCUT2D eigenvalue weighted by Crippen LogP contribution is 2.34. The zero-order chi connectivity index (χ0) is 28.3. The monoisotopic (exact) mass is 668 g/mol. The van der Waals surface area contributed by atoms with Crippen LogP contribution in [0, 0.1) is 9.39 Å². The molecule has 38 heavy (non-hydrogen) atoms. The third-order valence-electron chi connectivity index (χ3n) is 5.75. The molecule has 3 rings (SSSR count). The van der Waals surface area contributed by atoms with Gasteiger partial charge in [0.05, 0.1) is 23.9 Å². The van der Waals surface area contributed by atoms with Crippen molar-refractivity contribution in [1.82, 2.24) is 10.3 Å². The summed E-state index contributed by atoms with van der Waals surface area (Å²) < 4.78 is 64.8. The summed E-state index contributed by atoms with van der Waals surface area (Å²) in [5.74, 6) is -1.65. The fourth-order valence-corrected chi connectivity index (χ4v) is 4.89. The van der Waals surface area contributed by atoms with Gasteiger partial charge in [-0.25, -0.2) is 14.2 Å². The van der Waals surface area contributed by atoms with Crippen LogP contribution in [0.5, 0.6) is 0 Å². The minimum absolute atomic E-state index is 0.00464. The Labute approximate surface area is 232 Å². The molecule has 14 heteroatoms. The maximum Gasteiger partial charge on any atom is 0.419 e. The van der Waals surface area contributed by atoms with E-state index in [0.717, 1.165) is 20.6 Å². The highest BCUT2D eigenvalue weighted by molar-refractivity contribution is 14.1. The minimum Gasteiger partial charge on any atom is -0.382 e. The number of methoxy groups -OCH3 is 1. The van der Waals surface area contributed by atoms with E-state index < -0.39 is 43.6 Å². The third-order valence-corrected chi connectivity index (χ3v) is 8.04. The van der Waals surface area contributed by atoms with Crippen molar-refractivity contribution in [3.63, 3.8) is 0 Å². The highest BCUT2D eigenvalue weighted by atomic mass is 127. The third kappa shape index (κ3) is 7.63. The van der Waals surface area contributed by atoms with E-state index in [-0.39, 0.29) is 31.3 Å². The Hall–Kier alpha value is -2.30. The number of fused-ring (bicyclic) bond motifs is 1. The molecule has 1 aliphatic rings. The molecule has 0 bridgehead atoms. The van der Waals surface area contributed by atoms with Gasteiger partial charge in [0.1, 0.15) is 19.1 Å². The van der Waals surface area contributed by atoms with Crippen LogP contribution in [0.1, 0.15) is 17.2 Å². The summed E-state index contributed by atoms with van der Waals surface area (Å²) in [6.45, 7) is 6.67. The molecular weight excluding hydrogens is 639 g/mol. The average molecular weight is 669 g/mol. The lowest BCUT2D eigenvalue weighted by atomic mass is 10.0. The van der Waals surface area contributed by atoms with Crippen LogP contribution in [-0.4, -0.2) is 58.6 Å². The lowest BCUT2D eigenvalue weighted by molar-refractivity contribution is -0.140. The lowest BCUT2D eigenvalue weighted by Crippen LogP contribution is -2.53. The summed E-state index contributed by atoms with van der Waals surface area (Å²) in [5.41, 5.74) is -0.951. The number of ether oxygens (including phenoxy) is 2. The van der Waals surface area contributed by atoms with Crippen molar-refractivity contribution in [3.05, 3.63) is 51.0 Å². The Kier molecular flexibility index (Phi) is 9.75. The Bertz CT molecular complexity index is 1180. The Morgan fingerprint density at radius 3 is 2.58 bits per heavy atom. The smallest absolute Gasteiger partial charge is 0.382 e. The largest absolute Gasteiger partial charge is 0.419 e. The Morgan fingerprint density at radius 2 is 1.97 bits per heavy atom. The van der Waals surface area contributed by atoms with Crippen molar-refractivity contribution in [3.8, 4) is 0 Å². The van der Waals surface area contributed by atoms with Crippen LogP contribution in [0.3, 0.4) is 0 Å². The van der Waals surface area contributed by atoms with Gasteiger partial charge in [-0.2, -0.15) is 13.2 Å². The molecule has 1 unspecified atom stereocenters. The molecule has 1 aromatic heterocycles. The normalized spacial score (nSPS) is 14.9. The lowest BCUT2D eigenvalue weighted by Gasteiger charge is -2.35. The first-order valence-corrected chi connectivity index (χ1v) is 16.5. The summed E-state index contributed by atoms with van der Waals surface area (Å²) in [4.78, 5) is 33.3. The molecule has 1 aromatic carbocycles. The second-order valence-corrected chi connectivity index (χ2v) is 16.8. The molecule has 0 fully saturated rings. The highest BCUT2D eigenvalue weighted by Gasteiger charge is 2.36. The van der Waals surface area contributed by atoms with Crippen molar-refractivity contribution >= 4 is 54.1 Å². The van der Waals surface area contributed by atoms with E-state index in [1.54, 1.807) is 6.07 Å². The van der Waals surface area contributed by atoms with Gasteiger partial charge in [-0.1, -0.05) is 25.7 Å². The van der Waals surface area contributed by atoms with Crippen LogP contribution >= 0.6 is 22.6 Å². The Balaban J connectivity index is 1.82. The van der Waals surface area contributed by atoms with Gasteiger partial charge < -0.3 is 14.8 Å². The standard InChI is InChI=1S/C24H29F4IN4O4Si/c1-36-13-19(15-5-6-17(18(25)9-15)24(26,27)28)31-23(35)32-12-21(34)33(14-37-7-8-38(2,3)4)20-10-16(29)11-30-22(20)32/h5-6,9-11,19H,7-8,12-14H2,1-4H3,(H,31,35). The molecule has 2 heterocycles. The predicted octanol–water partition coefficient (Wildman–Crippen LogP) is 5.41. The summed E-state index contributed by atoms with van der Waals surface area (Å²) in [5, 5.41) is 2.62. The molecule has 1 atom stereocenters. The van der Waals surface area contributed by atoms with Gasteiger partial charge in [-0.05, 0) is 52.4 Å². The zero-order valence-corrected chi connectivity index (χ0v) is 24.5. The van der Waals surface area contributed by atoms with Crippen LogP contribution in [0.4, 0.5) is 33.9 Å². The van der Waals surface area contributed by atoms with Crippen LogP contribution in [0.2, 0.25) is 25.7 Å². The molecule has 0 spiro atoms. The van der Waals surface area contributed by atoms with Crippen LogP contribution in [0.25, 0.3) is 0 Å². The van der Waals surface area contributed by atoms with Crippen molar-refractivity contribution in [2.24, 2.45) is 0 Å². The van der Waals surface area contributed by atoms with E-state index in [2.05, 4.69) is 29.9 Å². The van der Waals surface area contributed by atoms with Crippen molar-refractivity contribution in [1.29, 1.82) is 0 Å². The number of hydrogen-bond donors (Lipinski definition) is 1. The number of hydrogen-bond acceptors (Lipinski definition) is 5. The van der Waals surface area contributed by atoms with Crippen molar-refractivity contribution in [2.45, 2.75) is 37.9 Å². The number of aromatic nitrogens is 1. The second kappa shape index (κ2) is 12.3. The number of carbonyl (C=O) groups excluding carboxylic acids is 2. The van der Waals surface area contributed by atoms with E-state index in [9.17, 15) is 27.2 Å². The van der Waals surface area contributed by atoms with Gasteiger partial charge in [-0.3, -0.25) is 14.6 Å². The average Bonchev–Trinajstić information content (AvgIpc) is 2.80. The number of anilines is 2. The number of alkyl halides is 3. The first kappa shape index (κ1) is 30.2. The number of carbonyl (C=O) groups is 2. The first-order chi connectivity index (χ1) is 17.7. The first-order valence-electron chi connectivity index (χ1n) is 11.7. The minimum atomic E-state index is -4.85. The molecule has 3 amide bonds. The van der Waals surface area contributed by atoms with Crippen LogP contribution < -0.4 is 15.1 Å². The molecular formula is C24H29F4IN4O4Si. The maximum atomic E-state index is 14.2. The number of rotatable bonds is 9. The quantitative estimate of drug-likeness (QED) is 0.167. The van der Waals surface area contributed by atoms with Gasteiger partial charge in [-0.15, -0.1) is 0 Å². The van der Waals surface area contributed by atoms with E-state index in [4.69, 9.17) is 9.47 Å². The van der Waals surface area contributed by atoms with E-state index in [1.807, 2.05) is 22.6 Å². The van der Waals surface area contributed by atoms with Gasteiger partial charge in [0.2, 0.25) is 5.91 Å². The number of halogens is 5. The van der Waals surface area contributed by atoms with Crippen LogP contribution in [-0.2, 0) is 20.4 Å². The zero-order valence-electron chi connectivity index (χ0n) is 21.4. The predicted molar refractivity (Wildman–Crippen MR) is 145 cm³/mol. The van der Waals surface area contributed by atoms with E-state index in [1.165, 1.54) is 18.2 Å². The molecule has 1 aliphatic heterocycles. The maximum absolute atomic E-state index is 14.2. The molecule has 8 nitrogen and oxygen atoms in total. The van der Waals surface area contributed by atoms with Gasteiger partial charge in [0, 0.05) is 31.6 Å². The van der Waals surface area contributed by atoms with Gasteiger partial charge in [0.25, 0.3) is 0 Å². The fourth-order valence-electron chi connectivity index (χ4n) is 3.69. The van der Waals surface area contributed by atoms with E-state index in [0.29, 0.717) is 24.4 Å². The summed E-state index contributed by atoms with van der Waals surface area (Å²) in [6, 6.07) is 3.30. The number of urea groups is 1. The molecule has 2 aromatic rings. The number of benzene rings is 1. The second-order valence-electron chi connectivity index (χ2n) is 9.95. The summed E-state index contributed by atoms with van der Waals surface area (Å²) >= 11 is 2.05. The summed E-state index contributed by atoms with van der Waals surface area (Å²) in [7, 11) is 0.00924. The summed E-state index contributed by atoms with van der Waals surface area (Å²) in [6.07, 6.45) is -3.31. The number of pyridine rings is 1. The molecule has 0 saturated carbocycles. The topological polar surface area (TPSA) is 84.0 Å². The molecule has 208 valence electrons. The number of amides is 3. The molecule has 1 N–H and O–H groups in total. The van der Waals surface area contributed by atoms with Crippen LogP contribution in [0.15, 0.2) is 30.5 Å². The van der Waals surface area contributed by atoms with Gasteiger partial charge >= 0.3 is 12.2 Å². The van der Waals surface area contributed by atoms with Crippen molar-refractivity contribution in [2.75, 3.05) is 43.4 Å². The molecule has 0 saturated heterocycles. The SMILES string of the molecule is COCC(NC(=O)N1CC(=O)N(COCC[Si](C)(C)C)c2cc(I)cnc21)c1ccc(C(F)(F)F)c(F)c1. The number of nitrogens with one attached hydrogen (secondary N) is 1.